The molecule has 1 aromatic carbocycles. The summed E-state index contributed by atoms with van der Waals surface area (Å²) in [4.78, 5) is 20.8. The van der Waals surface area contributed by atoms with Crippen molar-refractivity contribution in [3.05, 3.63) is 71.4 Å². The molecule has 0 saturated heterocycles. The fraction of sp³-hybridized carbons (Fsp3) is 0.227. The van der Waals surface area contributed by atoms with Crippen LogP contribution in [0.25, 0.3) is 5.65 Å². The Balaban J connectivity index is 1.42. The summed E-state index contributed by atoms with van der Waals surface area (Å²) in [5.74, 6) is 1.86. The maximum atomic E-state index is 12.0. The van der Waals surface area contributed by atoms with Crippen molar-refractivity contribution in [2.45, 2.75) is 19.8 Å². The second-order valence-electron chi connectivity index (χ2n) is 7.08. The molecule has 1 amide bonds. The minimum absolute atomic E-state index is 0.140. The van der Waals surface area contributed by atoms with Crippen molar-refractivity contribution in [1.82, 2.24) is 29.9 Å². The van der Waals surface area contributed by atoms with E-state index in [-0.39, 0.29) is 5.91 Å². The second kappa shape index (κ2) is 8.78. The minimum atomic E-state index is -0.140. The molecule has 0 fully saturated rings. The lowest BCUT2D eigenvalue weighted by Crippen LogP contribution is -2.18. The molecular formula is C22H23N7O2. The minimum Gasteiger partial charge on any atom is -0.497 e. The third-order valence-electron chi connectivity index (χ3n) is 4.94. The number of hydrogen-bond donors (Lipinski definition) is 2. The van der Waals surface area contributed by atoms with Gasteiger partial charge in [0.15, 0.2) is 5.65 Å². The summed E-state index contributed by atoms with van der Waals surface area (Å²) in [6.07, 6.45) is 6.98. The number of ether oxygens (including phenoxy) is 1. The predicted octanol–water partition coefficient (Wildman–Crippen LogP) is 2.72. The normalized spacial score (nSPS) is 10.8. The molecule has 4 rings (SSSR count). The Morgan fingerprint density at radius 1 is 1.06 bits per heavy atom. The summed E-state index contributed by atoms with van der Waals surface area (Å²) in [6, 6.07) is 9.35. The van der Waals surface area contributed by atoms with E-state index in [9.17, 15) is 4.79 Å². The van der Waals surface area contributed by atoms with Gasteiger partial charge in [-0.1, -0.05) is 0 Å². The number of rotatable bonds is 7. The van der Waals surface area contributed by atoms with Crippen LogP contribution >= 0.6 is 0 Å². The largest absolute Gasteiger partial charge is 0.497 e. The van der Waals surface area contributed by atoms with E-state index in [1.54, 1.807) is 32.6 Å². The SMILES string of the molecule is CNC(=O)c1cc(CCc2cnc(Nc3ccn4c(C)nnc4c3)nc2)cc(OC)c1. The summed E-state index contributed by atoms with van der Waals surface area (Å²) in [7, 11) is 3.20. The van der Waals surface area contributed by atoms with Gasteiger partial charge in [0.05, 0.1) is 7.11 Å². The number of methoxy groups -OCH3 is 1. The highest BCUT2D eigenvalue weighted by Crippen LogP contribution is 2.19. The lowest BCUT2D eigenvalue weighted by Gasteiger charge is -2.09. The van der Waals surface area contributed by atoms with E-state index in [2.05, 4.69) is 30.8 Å². The number of hydrogen-bond acceptors (Lipinski definition) is 7. The monoisotopic (exact) mass is 417 g/mol. The summed E-state index contributed by atoms with van der Waals surface area (Å²) in [5.41, 5.74) is 4.18. The van der Waals surface area contributed by atoms with Gasteiger partial charge < -0.3 is 15.4 Å². The number of fused-ring (bicyclic) bond motifs is 1. The zero-order chi connectivity index (χ0) is 21.8. The Labute approximate surface area is 179 Å². The van der Waals surface area contributed by atoms with Gasteiger partial charge in [0.1, 0.15) is 11.6 Å². The molecule has 9 nitrogen and oxygen atoms in total. The fourth-order valence-electron chi connectivity index (χ4n) is 3.25. The number of pyridine rings is 1. The molecule has 4 aromatic rings. The van der Waals surface area contributed by atoms with Crippen LogP contribution in [0.5, 0.6) is 5.75 Å². The van der Waals surface area contributed by atoms with Crippen molar-refractivity contribution in [3.63, 3.8) is 0 Å². The smallest absolute Gasteiger partial charge is 0.251 e. The zero-order valence-electron chi connectivity index (χ0n) is 17.6. The highest BCUT2D eigenvalue weighted by molar-refractivity contribution is 5.94. The Morgan fingerprint density at radius 2 is 1.84 bits per heavy atom. The Kier molecular flexibility index (Phi) is 5.74. The van der Waals surface area contributed by atoms with Gasteiger partial charge in [0, 0.05) is 43.0 Å². The number of aromatic nitrogens is 5. The van der Waals surface area contributed by atoms with Crippen LogP contribution in [0.1, 0.15) is 27.3 Å². The van der Waals surface area contributed by atoms with Gasteiger partial charge in [-0.2, -0.15) is 0 Å². The van der Waals surface area contributed by atoms with Crippen LogP contribution in [0, 0.1) is 6.92 Å². The number of amides is 1. The van der Waals surface area contributed by atoms with Gasteiger partial charge >= 0.3 is 0 Å². The molecular weight excluding hydrogens is 394 g/mol. The van der Waals surface area contributed by atoms with E-state index in [1.165, 1.54) is 0 Å². The van der Waals surface area contributed by atoms with E-state index in [1.807, 2.05) is 41.8 Å². The first-order valence-corrected chi connectivity index (χ1v) is 9.85. The van der Waals surface area contributed by atoms with Crippen molar-refractivity contribution in [2.75, 3.05) is 19.5 Å². The molecule has 3 heterocycles. The van der Waals surface area contributed by atoms with Gasteiger partial charge in [-0.15, -0.1) is 10.2 Å². The first kappa shape index (κ1) is 20.3. The zero-order valence-corrected chi connectivity index (χ0v) is 17.6. The molecule has 0 aliphatic rings. The molecule has 2 N–H and O–H groups in total. The van der Waals surface area contributed by atoms with Crippen molar-refractivity contribution >= 4 is 23.2 Å². The Morgan fingerprint density at radius 3 is 2.58 bits per heavy atom. The van der Waals surface area contributed by atoms with Crippen molar-refractivity contribution in [2.24, 2.45) is 0 Å². The second-order valence-corrected chi connectivity index (χ2v) is 7.08. The molecule has 0 radical (unpaired) electrons. The van der Waals surface area contributed by atoms with E-state index < -0.39 is 0 Å². The molecule has 0 spiro atoms. The number of aryl methyl sites for hydroxylation is 3. The van der Waals surface area contributed by atoms with Gasteiger partial charge in [-0.3, -0.25) is 9.20 Å². The van der Waals surface area contributed by atoms with Crippen LogP contribution in [-0.2, 0) is 12.8 Å². The van der Waals surface area contributed by atoms with Gasteiger partial charge in [-0.05, 0) is 55.2 Å². The summed E-state index contributed by atoms with van der Waals surface area (Å²) in [5, 5.41) is 14.0. The highest BCUT2D eigenvalue weighted by atomic mass is 16.5. The molecule has 0 aliphatic carbocycles. The van der Waals surface area contributed by atoms with Crippen LogP contribution in [0.3, 0.4) is 0 Å². The van der Waals surface area contributed by atoms with Crippen molar-refractivity contribution < 1.29 is 9.53 Å². The predicted molar refractivity (Wildman–Crippen MR) is 117 cm³/mol. The van der Waals surface area contributed by atoms with E-state index >= 15 is 0 Å². The van der Waals surface area contributed by atoms with Gasteiger partial charge in [0.2, 0.25) is 5.95 Å². The molecule has 0 saturated carbocycles. The lowest BCUT2D eigenvalue weighted by molar-refractivity contribution is 0.0962. The quantitative estimate of drug-likeness (QED) is 0.476. The summed E-state index contributed by atoms with van der Waals surface area (Å²) in [6.45, 7) is 1.90. The van der Waals surface area contributed by atoms with E-state index in [0.717, 1.165) is 41.1 Å². The van der Waals surface area contributed by atoms with Crippen molar-refractivity contribution in [1.29, 1.82) is 0 Å². The molecule has 0 atom stereocenters. The van der Waals surface area contributed by atoms with E-state index in [4.69, 9.17) is 4.74 Å². The lowest BCUT2D eigenvalue weighted by atomic mass is 10.0. The molecule has 9 heteroatoms. The average molecular weight is 417 g/mol. The average Bonchev–Trinajstić information content (AvgIpc) is 3.17. The molecule has 0 aliphatic heterocycles. The number of carbonyl (C=O) groups is 1. The first-order valence-electron chi connectivity index (χ1n) is 9.85. The van der Waals surface area contributed by atoms with Crippen LogP contribution in [-0.4, -0.2) is 44.6 Å². The number of benzene rings is 1. The van der Waals surface area contributed by atoms with Crippen LogP contribution in [0.15, 0.2) is 48.9 Å². The number of anilines is 2. The van der Waals surface area contributed by atoms with E-state index in [0.29, 0.717) is 17.3 Å². The Hall–Kier alpha value is -4.01. The summed E-state index contributed by atoms with van der Waals surface area (Å²) < 4.78 is 7.23. The third-order valence-corrected chi connectivity index (χ3v) is 4.94. The van der Waals surface area contributed by atoms with Crippen LogP contribution in [0.2, 0.25) is 0 Å². The van der Waals surface area contributed by atoms with Gasteiger partial charge in [0.25, 0.3) is 5.91 Å². The molecule has 3 aromatic heterocycles. The van der Waals surface area contributed by atoms with Crippen LogP contribution < -0.4 is 15.4 Å². The number of nitrogens with zero attached hydrogens (tertiary/aromatic N) is 5. The maximum absolute atomic E-state index is 12.0. The highest BCUT2D eigenvalue weighted by Gasteiger charge is 2.09. The molecule has 31 heavy (non-hydrogen) atoms. The third kappa shape index (κ3) is 4.61. The molecule has 158 valence electrons. The van der Waals surface area contributed by atoms with Gasteiger partial charge in [-0.25, -0.2) is 9.97 Å². The molecule has 0 bridgehead atoms. The first-order chi connectivity index (χ1) is 15.1. The maximum Gasteiger partial charge on any atom is 0.251 e. The topological polar surface area (TPSA) is 106 Å². The summed E-state index contributed by atoms with van der Waals surface area (Å²) >= 11 is 0. The number of nitrogens with one attached hydrogen (secondary N) is 2. The standard InChI is InChI=1S/C22H23N7O2/c1-14-27-28-20-11-18(6-7-29(14)20)26-22-24-12-16(13-25-22)5-4-15-8-17(21(30)23-2)10-19(9-15)31-3/h6-13H,4-5H2,1-3H3,(H,23,30)(H,24,25,26). The van der Waals surface area contributed by atoms with Crippen molar-refractivity contribution in [3.8, 4) is 5.75 Å². The molecule has 0 unspecified atom stereocenters. The van der Waals surface area contributed by atoms with Crippen LogP contribution in [0.4, 0.5) is 11.6 Å². The number of carbonyl (C=O) groups excluding carboxylic acids is 1. The Bertz CT molecular complexity index is 1220. The fourth-order valence-corrected chi connectivity index (χ4v) is 3.25.